The summed E-state index contributed by atoms with van der Waals surface area (Å²) in [6.07, 6.45) is 2.54. The van der Waals surface area contributed by atoms with E-state index in [0.29, 0.717) is 5.92 Å². The molecule has 7 heteroatoms. The zero-order chi connectivity index (χ0) is 20.8. The first-order valence-corrected chi connectivity index (χ1v) is 10.7. The molecule has 0 radical (unpaired) electrons. The molecule has 1 aliphatic rings. The SMILES string of the molecule is CCC(CC)CC1(C(=O)Nc2ccccc2SC(=O)C(F)(F)F)CCCCC1. The lowest BCUT2D eigenvalue weighted by atomic mass is 9.67. The molecule has 0 aromatic heterocycles. The second-order valence-corrected chi connectivity index (χ2v) is 8.58. The Balaban J connectivity index is 2.23. The van der Waals surface area contributed by atoms with Gasteiger partial charge in [-0.1, -0.05) is 58.1 Å². The standard InChI is InChI=1S/C21H28F3NO2S/c1-3-15(4-2)14-20(12-8-5-9-13-20)18(26)25-16-10-6-7-11-17(16)28-19(27)21(22,23)24/h6-7,10-11,15H,3-5,8-9,12-14H2,1-2H3,(H,25,26). The lowest BCUT2D eigenvalue weighted by Crippen LogP contribution is -2.39. The average Bonchev–Trinajstić information content (AvgIpc) is 2.67. The van der Waals surface area contributed by atoms with Crippen molar-refractivity contribution in [2.75, 3.05) is 5.32 Å². The third-order valence-corrected chi connectivity index (χ3v) is 6.69. The number of rotatable bonds is 7. The van der Waals surface area contributed by atoms with Crippen LogP contribution in [0.3, 0.4) is 0 Å². The van der Waals surface area contributed by atoms with Gasteiger partial charge >= 0.3 is 6.18 Å². The molecule has 0 saturated heterocycles. The Hall–Kier alpha value is -1.50. The van der Waals surface area contributed by atoms with Crippen molar-refractivity contribution in [1.29, 1.82) is 0 Å². The summed E-state index contributed by atoms with van der Waals surface area (Å²) in [4.78, 5) is 24.8. The molecule has 1 aromatic carbocycles. The summed E-state index contributed by atoms with van der Waals surface area (Å²) in [6, 6.07) is 6.18. The first-order valence-electron chi connectivity index (χ1n) is 9.91. The molecule has 1 saturated carbocycles. The highest BCUT2D eigenvalue weighted by Gasteiger charge is 2.42. The van der Waals surface area contributed by atoms with E-state index < -0.39 is 16.7 Å². The van der Waals surface area contributed by atoms with Crippen LogP contribution < -0.4 is 5.32 Å². The summed E-state index contributed by atoms with van der Waals surface area (Å²) in [6.45, 7) is 4.24. The maximum atomic E-state index is 13.3. The summed E-state index contributed by atoms with van der Waals surface area (Å²) in [5, 5.41) is 0.962. The van der Waals surface area contributed by atoms with Crippen molar-refractivity contribution >= 4 is 28.5 Å². The maximum Gasteiger partial charge on any atom is 0.461 e. The van der Waals surface area contributed by atoms with Gasteiger partial charge in [0.05, 0.1) is 5.69 Å². The number of thioether (sulfide) groups is 1. The van der Waals surface area contributed by atoms with Crippen LogP contribution in [0.2, 0.25) is 0 Å². The summed E-state index contributed by atoms with van der Waals surface area (Å²) in [5.74, 6) is 0.312. The number of anilines is 1. The second kappa shape index (κ2) is 9.81. The number of hydrogen-bond acceptors (Lipinski definition) is 3. The lowest BCUT2D eigenvalue weighted by molar-refractivity contribution is -0.160. The van der Waals surface area contributed by atoms with Crippen molar-refractivity contribution in [1.82, 2.24) is 0 Å². The summed E-state index contributed by atoms with van der Waals surface area (Å²) < 4.78 is 37.9. The fourth-order valence-corrected chi connectivity index (χ4v) is 4.65. The Morgan fingerprint density at radius 2 is 1.71 bits per heavy atom. The predicted octanol–water partition coefficient (Wildman–Crippen LogP) is 6.58. The third-order valence-electron chi connectivity index (χ3n) is 5.70. The van der Waals surface area contributed by atoms with Gasteiger partial charge in [-0.2, -0.15) is 13.2 Å². The number of halogens is 3. The second-order valence-electron chi connectivity index (χ2n) is 7.57. The topological polar surface area (TPSA) is 46.2 Å². The molecule has 3 nitrogen and oxygen atoms in total. The molecule has 1 fully saturated rings. The van der Waals surface area contributed by atoms with Crippen LogP contribution in [0.25, 0.3) is 0 Å². The molecule has 0 bridgehead atoms. The molecule has 1 N–H and O–H groups in total. The van der Waals surface area contributed by atoms with E-state index in [-0.39, 0.29) is 28.3 Å². The van der Waals surface area contributed by atoms with E-state index in [4.69, 9.17) is 0 Å². The van der Waals surface area contributed by atoms with Crippen LogP contribution in [0.15, 0.2) is 29.2 Å². The van der Waals surface area contributed by atoms with Crippen LogP contribution >= 0.6 is 11.8 Å². The zero-order valence-electron chi connectivity index (χ0n) is 16.4. The van der Waals surface area contributed by atoms with Gasteiger partial charge in [-0.3, -0.25) is 9.59 Å². The highest BCUT2D eigenvalue weighted by molar-refractivity contribution is 8.14. The Bertz CT molecular complexity index is 680. The highest BCUT2D eigenvalue weighted by Crippen LogP contribution is 2.44. The fraction of sp³-hybridized carbons (Fsp3) is 0.619. The number of benzene rings is 1. The van der Waals surface area contributed by atoms with Crippen molar-refractivity contribution in [3.8, 4) is 0 Å². The molecular formula is C21H28F3NO2S. The first-order chi connectivity index (χ1) is 13.2. The number of carbonyl (C=O) groups excluding carboxylic acids is 2. The van der Waals surface area contributed by atoms with E-state index in [1.807, 2.05) is 0 Å². The maximum absolute atomic E-state index is 13.3. The molecule has 28 heavy (non-hydrogen) atoms. The van der Waals surface area contributed by atoms with E-state index in [2.05, 4.69) is 19.2 Å². The molecule has 0 heterocycles. The van der Waals surface area contributed by atoms with Gasteiger partial charge in [0.1, 0.15) is 0 Å². The summed E-state index contributed by atoms with van der Waals surface area (Å²) >= 11 is 0.109. The van der Waals surface area contributed by atoms with Crippen LogP contribution in [0, 0.1) is 11.3 Å². The normalized spacial score (nSPS) is 16.8. The number of hydrogen-bond donors (Lipinski definition) is 1. The summed E-state index contributed by atoms with van der Waals surface area (Å²) in [5.41, 5.74) is -0.217. The smallest absolute Gasteiger partial charge is 0.325 e. The van der Waals surface area contributed by atoms with E-state index >= 15 is 0 Å². The third kappa shape index (κ3) is 5.75. The van der Waals surface area contributed by atoms with E-state index in [1.165, 1.54) is 6.07 Å². The molecule has 1 aromatic rings. The van der Waals surface area contributed by atoms with E-state index in [9.17, 15) is 22.8 Å². The monoisotopic (exact) mass is 415 g/mol. The molecule has 2 rings (SSSR count). The van der Waals surface area contributed by atoms with Crippen molar-refractivity contribution in [2.24, 2.45) is 11.3 Å². The number of nitrogens with one attached hydrogen (secondary N) is 1. The van der Waals surface area contributed by atoms with Crippen LogP contribution in [-0.4, -0.2) is 17.2 Å². The molecule has 0 aliphatic heterocycles. The molecule has 1 amide bonds. The molecule has 156 valence electrons. The van der Waals surface area contributed by atoms with Crippen molar-refractivity contribution in [2.45, 2.75) is 76.3 Å². The Morgan fingerprint density at radius 3 is 2.29 bits per heavy atom. The number of alkyl halides is 3. The Morgan fingerprint density at radius 1 is 1.11 bits per heavy atom. The van der Waals surface area contributed by atoms with Gasteiger partial charge in [-0.25, -0.2) is 0 Å². The minimum Gasteiger partial charge on any atom is -0.325 e. The molecule has 1 aliphatic carbocycles. The van der Waals surface area contributed by atoms with Gasteiger partial charge < -0.3 is 5.32 Å². The van der Waals surface area contributed by atoms with Crippen LogP contribution in [0.1, 0.15) is 65.2 Å². The largest absolute Gasteiger partial charge is 0.461 e. The molecule has 0 atom stereocenters. The summed E-state index contributed by atoms with van der Waals surface area (Å²) in [7, 11) is 0. The van der Waals surface area contributed by atoms with Gasteiger partial charge in [-0.15, -0.1) is 0 Å². The van der Waals surface area contributed by atoms with Crippen LogP contribution in [0.5, 0.6) is 0 Å². The fourth-order valence-electron chi connectivity index (χ4n) is 3.95. The first kappa shape index (κ1) is 22.8. The van der Waals surface area contributed by atoms with Crippen LogP contribution in [-0.2, 0) is 9.59 Å². The number of carbonyl (C=O) groups is 2. The van der Waals surface area contributed by atoms with Gasteiger partial charge in [0.25, 0.3) is 5.12 Å². The average molecular weight is 416 g/mol. The zero-order valence-corrected chi connectivity index (χ0v) is 17.2. The predicted molar refractivity (Wildman–Crippen MR) is 106 cm³/mol. The molecule has 0 unspecified atom stereocenters. The van der Waals surface area contributed by atoms with Gasteiger partial charge in [0.15, 0.2) is 0 Å². The minimum atomic E-state index is -4.91. The number of amides is 1. The molecular weight excluding hydrogens is 387 g/mol. The minimum absolute atomic E-state index is 0.109. The van der Waals surface area contributed by atoms with E-state index in [0.717, 1.165) is 51.4 Å². The number of para-hydroxylation sites is 1. The van der Waals surface area contributed by atoms with Gasteiger partial charge in [-0.05, 0) is 49.1 Å². The quantitative estimate of drug-likeness (QED) is 0.512. The van der Waals surface area contributed by atoms with Crippen molar-refractivity contribution in [3.05, 3.63) is 24.3 Å². The van der Waals surface area contributed by atoms with Crippen molar-refractivity contribution < 1.29 is 22.8 Å². The highest BCUT2D eigenvalue weighted by atomic mass is 32.2. The lowest BCUT2D eigenvalue weighted by Gasteiger charge is -2.38. The Kier molecular flexibility index (Phi) is 7.98. The van der Waals surface area contributed by atoms with Gasteiger partial charge in [0, 0.05) is 10.3 Å². The van der Waals surface area contributed by atoms with Crippen LogP contribution in [0.4, 0.5) is 18.9 Å². The van der Waals surface area contributed by atoms with E-state index in [1.54, 1.807) is 18.2 Å². The molecule has 0 spiro atoms. The van der Waals surface area contributed by atoms with Crippen molar-refractivity contribution in [3.63, 3.8) is 0 Å². The Labute approximate surface area is 168 Å². The van der Waals surface area contributed by atoms with Gasteiger partial charge in [0.2, 0.25) is 5.91 Å².